The van der Waals surface area contributed by atoms with Crippen molar-refractivity contribution in [3.63, 3.8) is 0 Å². The fourth-order valence-electron chi connectivity index (χ4n) is 2.94. The molecule has 6 heteroatoms. The number of hydrogen-bond acceptors (Lipinski definition) is 4. The van der Waals surface area contributed by atoms with Gasteiger partial charge in [-0.3, -0.25) is 0 Å². The average molecular weight is 387 g/mol. The fraction of sp³-hybridized carbons (Fsp3) is 0.176. The molecule has 0 unspecified atom stereocenters. The summed E-state index contributed by atoms with van der Waals surface area (Å²) in [6.45, 7) is 0. The quantitative estimate of drug-likeness (QED) is 0.808. The van der Waals surface area contributed by atoms with E-state index in [2.05, 4.69) is 15.9 Å². The number of sulfone groups is 1. The molecule has 0 saturated heterocycles. The van der Waals surface area contributed by atoms with Gasteiger partial charge < -0.3 is 0 Å². The van der Waals surface area contributed by atoms with E-state index in [1.807, 2.05) is 12.1 Å². The molecule has 4 nitrogen and oxygen atoms in total. The standard InChI is InChI=1S/C17H11BrN2O2S/c18-13-8-6-12(7-9-13)15-16(17(15,10-19)11-20)23(21,22)14-4-2-1-3-5-14/h1-9,15-16H/t15-,16-/m0/s1. The molecule has 1 aliphatic rings. The SMILES string of the molecule is N#CC1(C#N)[C@@H](c2ccc(Br)cc2)[C@@H]1S(=O)(=O)c1ccccc1. The first-order valence-electron chi connectivity index (χ1n) is 6.84. The van der Waals surface area contributed by atoms with Crippen LogP contribution in [0.15, 0.2) is 64.0 Å². The molecule has 114 valence electrons. The average Bonchev–Trinajstić information content (AvgIpc) is 3.27. The summed E-state index contributed by atoms with van der Waals surface area (Å²) in [5, 5.41) is 17.9. The van der Waals surface area contributed by atoms with Crippen molar-refractivity contribution in [2.45, 2.75) is 16.1 Å². The van der Waals surface area contributed by atoms with Gasteiger partial charge in [-0.25, -0.2) is 8.42 Å². The van der Waals surface area contributed by atoms with Crippen LogP contribution in [0.3, 0.4) is 0 Å². The molecule has 0 aliphatic heterocycles. The molecule has 0 heterocycles. The van der Waals surface area contributed by atoms with Crippen LogP contribution in [0.2, 0.25) is 0 Å². The number of hydrogen-bond donors (Lipinski definition) is 0. The summed E-state index contributed by atoms with van der Waals surface area (Å²) in [4.78, 5) is 0.138. The lowest BCUT2D eigenvalue weighted by molar-refractivity contribution is 0.591. The van der Waals surface area contributed by atoms with E-state index in [0.717, 1.165) is 4.47 Å². The normalized spacial score (nSPS) is 21.9. The summed E-state index contributed by atoms with van der Waals surface area (Å²) in [6.07, 6.45) is 0. The highest BCUT2D eigenvalue weighted by molar-refractivity contribution is 9.10. The van der Waals surface area contributed by atoms with E-state index < -0.39 is 26.4 Å². The molecule has 0 radical (unpaired) electrons. The van der Waals surface area contributed by atoms with E-state index in [-0.39, 0.29) is 4.90 Å². The van der Waals surface area contributed by atoms with Crippen molar-refractivity contribution < 1.29 is 8.42 Å². The van der Waals surface area contributed by atoms with Gasteiger partial charge in [-0.1, -0.05) is 46.3 Å². The lowest BCUT2D eigenvalue weighted by Gasteiger charge is -2.03. The molecule has 0 spiro atoms. The van der Waals surface area contributed by atoms with Crippen LogP contribution in [0.25, 0.3) is 0 Å². The van der Waals surface area contributed by atoms with Gasteiger partial charge in [-0.05, 0) is 29.8 Å². The molecule has 0 N–H and O–H groups in total. The van der Waals surface area contributed by atoms with Gasteiger partial charge in [-0.15, -0.1) is 0 Å². The molecular formula is C17H11BrN2O2S. The minimum atomic E-state index is -3.76. The fourth-order valence-corrected chi connectivity index (χ4v) is 5.42. The number of benzene rings is 2. The Morgan fingerprint density at radius 1 is 0.957 bits per heavy atom. The van der Waals surface area contributed by atoms with Crippen LogP contribution in [0.1, 0.15) is 11.5 Å². The largest absolute Gasteiger partial charge is 0.223 e. The van der Waals surface area contributed by atoms with E-state index in [4.69, 9.17) is 0 Å². The highest BCUT2D eigenvalue weighted by atomic mass is 79.9. The molecule has 3 rings (SSSR count). The summed E-state index contributed by atoms with van der Waals surface area (Å²) in [5.74, 6) is -0.643. The Kier molecular flexibility index (Phi) is 3.75. The highest BCUT2D eigenvalue weighted by Crippen LogP contribution is 2.63. The van der Waals surface area contributed by atoms with Crippen molar-refractivity contribution in [3.8, 4) is 12.1 Å². The zero-order valence-electron chi connectivity index (χ0n) is 11.8. The topological polar surface area (TPSA) is 81.7 Å². The van der Waals surface area contributed by atoms with Gasteiger partial charge in [0.15, 0.2) is 15.3 Å². The van der Waals surface area contributed by atoms with Crippen molar-refractivity contribution in [1.29, 1.82) is 10.5 Å². The Bertz CT molecular complexity index is 911. The summed E-state index contributed by atoms with van der Waals surface area (Å²) in [6, 6.07) is 18.9. The second kappa shape index (κ2) is 5.49. The van der Waals surface area contributed by atoms with E-state index in [0.29, 0.717) is 5.56 Å². The minimum absolute atomic E-state index is 0.138. The molecule has 1 fully saturated rings. The number of rotatable bonds is 3. The van der Waals surface area contributed by atoms with Crippen LogP contribution in [0.5, 0.6) is 0 Å². The van der Waals surface area contributed by atoms with Crippen molar-refractivity contribution >= 4 is 25.8 Å². The van der Waals surface area contributed by atoms with Gasteiger partial charge in [-0.2, -0.15) is 10.5 Å². The van der Waals surface area contributed by atoms with Crippen LogP contribution < -0.4 is 0 Å². The summed E-state index contributed by atoms with van der Waals surface area (Å²) in [7, 11) is -3.76. The molecule has 0 aromatic heterocycles. The van der Waals surface area contributed by atoms with Crippen molar-refractivity contribution in [2.24, 2.45) is 5.41 Å². The van der Waals surface area contributed by atoms with Crippen molar-refractivity contribution in [3.05, 3.63) is 64.6 Å². The van der Waals surface area contributed by atoms with Gasteiger partial charge in [0.05, 0.1) is 17.0 Å². The molecule has 1 aliphatic carbocycles. The summed E-state index contributed by atoms with van der Waals surface area (Å²) in [5.41, 5.74) is -0.858. The Morgan fingerprint density at radius 3 is 2.04 bits per heavy atom. The Labute approximate surface area is 143 Å². The Morgan fingerprint density at radius 2 is 1.52 bits per heavy atom. The third-order valence-corrected chi connectivity index (χ3v) is 6.91. The third kappa shape index (κ3) is 2.35. The van der Waals surface area contributed by atoms with E-state index in [1.165, 1.54) is 12.1 Å². The van der Waals surface area contributed by atoms with Gasteiger partial charge in [0, 0.05) is 10.4 Å². The van der Waals surface area contributed by atoms with Crippen LogP contribution in [-0.2, 0) is 9.84 Å². The molecule has 23 heavy (non-hydrogen) atoms. The molecule has 0 bridgehead atoms. The van der Waals surface area contributed by atoms with Crippen LogP contribution in [-0.4, -0.2) is 13.7 Å². The smallest absolute Gasteiger partial charge is 0.184 e. The van der Waals surface area contributed by atoms with Gasteiger partial charge in [0.25, 0.3) is 0 Å². The van der Waals surface area contributed by atoms with Crippen LogP contribution in [0, 0.1) is 28.1 Å². The van der Waals surface area contributed by atoms with E-state index in [1.54, 1.807) is 42.5 Å². The summed E-state index contributed by atoms with van der Waals surface area (Å²) < 4.78 is 26.6. The first-order valence-corrected chi connectivity index (χ1v) is 9.18. The lowest BCUT2D eigenvalue weighted by Crippen LogP contribution is -2.14. The number of nitriles is 2. The van der Waals surface area contributed by atoms with E-state index >= 15 is 0 Å². The molecule has 2 aromatic rings. The third-order valence-electron chi connectivity index (χ3n) is 4.14. The first kappa shape index (κ1) is 15.7. The maximum atomic E-state index is 12.9. The maximum absolute atomic E-state index is 12.9. The van der Waals surface area contributed by atoms with E-state index in [9.17, 15) is 18.9 Å². The van der Waals surface area contributed by atoms with Gasteiger partial charge >= 0.3 is 0 Å². The van der Waals surface area contributed by atoms with Gasteiger partial charge in [0.1, 0.15) is 5.25 Å². The molecule has 2 aromatic carbocycles. The predicted molar refractivity (Wildman–Crippen MR) is 88.0 cm³/mol. The maximum Gasteiger partial charge on any atom is 0.184 e. The molecule has 0 amide bonds. The monoisotopic (exact) mass is 386 g/mol. The van der Waals surface area contributed by atoms with Crippen LogP contribution in [0.4, 0.5) is 0 Å². The zero-order chi connectivity index (χ0) is 16.7. The number of halogens is 1. The van der Waals surface area contributed by atoms with Gasteiger partial charge in [0.2, 0.25) is 0 Å². The zero-order valence-corrected chi connectivity index (χ0v) is 14.3. The lowest BCUT2D eigenvalue weighted by atomic mass is 10.0. The van der Waals surface area contributed by atoms with Crippen LogP contribution >= 0.6 is 15.9 Å². The Balaban J connectivity index is 2.10. The predicted octanol–water partition coefficient (Wildman–Crippen LogP) is 3.42. The number of nitrogens with zero attached hydrogens (tertiary/aromatic N) is 2. The Hall–Kier alpha value is -2.15. The highest BCUT2D eigenvalue weighted by Gasteiger charge is 2.73. The minimum Gasteiger partial charge on any atom is -0.223 e. The molecule has 1 saturated carbocycles. The van der Waals surface area contributed by atoms with Crippen molar-refractivity contribution in [2.75, 3.05) is 0 Å². The van der Waals surface area contributed by atoms with Crippen molar-refractivity contribution in [1.82, 2.24) is 0 Å². The molecule has 2 atom stereocenters. The second-order valence-electron chi connectivity index (χ2n) is 5.40. The molecular weight excluding hydrogens is 376 g/mol. The first-order chi connectivity index (χ1) is 11.0. The summed E-state index contributed by atoms with van der Waals surface area (Å²) >= 11 is 3.32. The second-order valence-corrected chi connectivity index (χ2v) is 8.39.